The lowest BCUT2D eigenvalue weighted by atomic mass is 10.2. The minimum absolute atomic E-state index is 0.0873. The molecule has 1 amide bonds. The smallest absolute Gasteiger partial charge is 0.251 e. The first-order valence-electron chi connectivity index (χ1n) is 5.86. The lowest BCUT2D eigenvalue weighted by Gasteiger charge is -2.11. The average molecular weight is 235 g/mol. The molecule has 2 rings (SSSR count). The second-order valence-electron chi connectivity index (χ2n) is 4.05. The van der Waals surface area contributed by atoms with Crippen molar-refractivity contribution in [3.05, 3.63) is 29.8 Å². The molecule has 0 saturated carbocycles. The highest BCUT2D eigenvalue weighted by molar-refractivity contribution is 5.94. The molecule has 1 aliphatic heterocycles. The Kier molecular flexibility index (Phi) is 3.98. The number of rotatable bonds is 4. The van der Waals surface area contributed by atoms with E-state index in [0.29, 0.717) is 12.2 Å². The summed E-state index contributed by atoms with van der Waals surface area (Å²) < 4.78 is 11.1. The molecular formula is C13H17NO3. The van der Waals surface area contributed by atoms with E-state index in [-0.39, 0.29) is 12.0 Å². The van der Waals surface area contributed by atoms with E-state index in [4.69, 9.17) is 9.47 Å². The van der Waals surface area contributed by atoms with Crippen LogP contribution in [0.15, 0.2) is 24.3 Å². The van der Waals surface area contributed by atoms with Crippen molar-refractivity contribution in [3.63, 3.8) is 0 Å². The van der Waals surface area contributed by atoms with Gasteiger partial charge in [-0.1, -0.05) is 0 Å². The number of amides is 1. The van der Waals surface area contributed by atoms with Gasteiger partial charge in [-0.3, -0.25) is 4.79 Å². The number of nitrogens with one attached hydrogen (secondary N) is 1. The quantitative estimate of drug-likeness (QED) is 0.862. The van der Waals surface area contributed by atoms with Crippen LogP contribution in [0.1, 0.15) is 23.2 Å². The molecule has 1 atom stereocenters. The minimum atomic E-state index is -0.0873. The monoisotopic (exact) mass is 235 g/mol. The zero-order chi connectivity index (χ0) is 12.1. The van der Waals surface area contributed by atoms with Crippen molar-refractivity contribution in [3.8, 4) is 5.75 Å². The van der Waals surface area contributed by atoms with Gasteiger partial charge in [0.25, 0.3) is 5.91 Å². The van der Waals surface area contributed by atoms with Gasteiger partial charge in [0.1, 0.15) is 12.4 Å². The molecule has 4 nitrogen and oxygen atoms in total. The Labute approximate surface area is 101 Å². The standard InChI is InChI=1S/C13H17NO3/c1-14-13(15)10-4-6-11(7-5-10)17-9-12-3-2-8-16-12/h4-7,12H,2-3,8-9H2,1H3,(H,14,15)/t12-/m1/s1. The van der Waals surface area contributed by atoms with E-state index < -0.39 is 0 Å². The lowest BCUT2D eigenvalue weighted by molar-refractivity contribution is 0.0679. The maximum atomic E-state index is 11.3. The first-order chi connectivity index (χ1) is 8.29. The van der Waals surface area contributed by atoms with Gasteiger partial charge in [0.15, 0.2) is 0 Å². The summed E-state index contributed by atoms with van der Waals surface area (Å²) in [5.41, 5.74) is 0.636. The Balaban J connectivity index is 1.87. The zero-order valence-corrected chi connectivity index (χ0v) is 9.94. The van der Waals surface area contributed by atoms with Gasteiger partial charge in [-0.2, -0.15) is 0 Å². The van der Waals surface area contributed by atoms with E-state index in [9.17, 15) is 4.79 Å². The van der Waals surface area contributed by atoms with Crippen LogP contribution in [-0.2, 0) is 4.74 Å². The van der Waals surface area contributed by atoms with Crippen molar-refractivity contribution >= 4 is 5.91 Å². The van der Waals surface area contributed by atoms with Crippen LogP contribution in [0.5, 0.6) is 5.75 Å². The van der Waals surface area contributed by atoms with Gasteiger partial charge in [0, 0.05) is 19.2 Å². The Morgan fingerprint density at radius 2 is 2.24 bits per heavy atom. The molecule has 1 saturated heterocycles. The molecule has 1 aromatic rings. The molecule has 1 aromatic carbocycles. The highest BCUT2D eigenvalue weighted by Gasteiger charge is 2.15. The second kappa shape index (κ2) is 5.68. The number of hydrogen-bond donors (Lipinski definition) is 1. The van der Waals surface area contributed by atoms with Crippen LogP contribution in [0.3, 0.4) is 0 Å². The second-order valence-corrected chi connectivity index (χ2v) is 4.05. The maximum Gasteiger partial charge on any atom is 0.251 e. The summed E-state index contributed by atoms with van der Waals surface area (Å²) >= 11 is 0. The lowest BCUT2D eigenvalue weighted by Crippen LogP contribution is -2.18. The molecule has 0 unspecified atom stereocenters. The third kappa shape index (κ3) is 3.20. The van der Waals surface area contributed by atoms with Crippen molar-refractivity contribution in [2.75, 3.05) is 20.3 Å². The number of ether oxygens (including phenoxy) is 2. The van der Waals surface area contributed by atoms with E-state index in [2.05, 4.69) is 5.32 Å². The van der Waals surface area contributed by atoms with Gasteiger partial charge < -0.3 is 14.8 Å². The fourth-order valence-corrected chi connectivity index (χ4v) is 1.81. The largest absolute Gasteiger partial charge is 0.491 e. The predicted octanol–water partition coefficient (Wildman–Crippen LogP) is 1.60. The highest BCUT2D eigenvalue weighted by atomic mass is 16.5. The van der Waals surface area contributed by atoms with Gasteiger partial charge in [0.2, 0.25) is 0 Å². The Bertz CT molecular complexity index is 369. The number of hydrogen-bond acceptors (Lipinski definition) is 3. The molecule has 0 bridgehead atoms. The van der Waals surface area contributed by atoms with Gasteiger partial charge in [-0.25, -0.2) is 0 Å². The van der Waals surface area contributed by atoms with Gasteiger partial charge in [-0.15, -0.1) is 0 Å². The third-order valence-corrected chi connectivity index (χ3v) is 2.80. The summed E-state index contributed by atoms with van der Waals surface area (Å²) in [6.07, 6.45) is 2.40. The molecule has 1 aliphatic rings. The van der Waals surface area contributed by atoms with E-state index >= 15 is 0 Å². The van der Waals surface area contributed by atoms with Crippen LogP contribution in [0.25, 0.3) is 0 Å². The molecule has 0 spiro atoms. The van der Waals surface area contributed by atoms with E-state index in [1.54, 1.807) is 31.3 Å². The first kappa shape index (κ1) is 11.9. The molecule has 1 N–H and O–H groups in total. The van der Waals surface area contributed by atoms with Gasteiger partial charge in [-0.05, 0) is 37.1 Å². The van der Waals surface area contributed by atoms with Crippen molar-refractivity contribution in [2.45, 2.75) is 18.9 Å². The Morgan fingerprint density at radius 1 is 1.47 bits per heavy atom. The van der Waals surface area contributed by atoms with Gasteiger partial charge >= 0.3 is 0 Å². The van der Waals surface area contributed by atoms with Crippen molar-refractivity contribution in [2.24, 2.45) is 0 Å². The molecule has 1 heterocycles. The van der Waals surface area contributed by atoms with Crippen LogP contribution >= 0.6 is 0 Å². The Morgan fingerprint density at radius 3 is 2.82 bits per heavy atom. The first-order valence-corrected chi connectivity index (χ1v) is 5.86. The summed E-state index contributed by atoms with van der Waals surface area (Å²) in [6, 6.07) is 7.12. The molecule has 92 valence electrons. The average Bonchev–Trinajstić information content (AvgIpc) is 2.89. The van der Waals surface area contributed by atoms with E-state index in [1.165, 1.54) is 0 Å². The number of carbonyl (C=O) groups is 1. The van der Waals surface area contributed by atoms with Crippen molar-refractivity contribution < 1.29 is 14.3 Å². The van der Waals surface area contributed by atoms with Crippen molar-refractivity contribution in [1.29, 1.82) is 0 Å². The fourth-order valence-electron chi connectivity index (χ4n) is 1.81. The molecule has 0 aromatic heterocycles. The molecule has 17 heavy (non-hydrogen) atoms. The topological polar surface area (TPSA) is 47.6 Å². The number of carbonyl (C=O) groups excluding carboxylic acids is 1. The molecule has 1 fully saturated rings. The van der Waals surface area contributed by atoms with Crippen LogP contribution in [0, 0.1) is 0 Å². The SMILES string of the molecule is CNC(=O)c1ccc(OC[C@H]2CCCO2)cc1. The van der Waals surface area contributed by atoms with E-state index in [0.717, 1.165) is 25.2 Å². The Hall–Kier alpha value is -1.55. The summed E-state index contributed by atoms with van der Waals surface area (Å²) in [4.78, 5) is 11.3. The van der Waals surface area contributed by atoms with Gasteiger partial charge in [0.05, 0.1) is 6.10 Å². The molecule has 0 radical (unpaired) electrons. The van der Waals surface area contributed by atoms with Crippen LogP contribution < -0.4 is 10.1 Å². The molecule has 4 heteroatoms. The molecule has 0 aliphatic carbocycles. The fraction of sp³-hybridized carbons (Fsp3) is 0.462. The van der Waals surface area contributed by atoms with Crippen molar-refractivity contribution in [1.82, 2.24) is 5.32 Å². The number of benzene rings is 1. The normalized spacial score (nSPS) is 19.0. The summed E-state index contributed by atoms with van der Waals surface area (Å²) in [5.74, 6) is 0.684. The highest BCUT2D eigenvalue weighted by Crippen LogP contribution is 2.16. The summed E-state index contributed by atoms with van der Waals surface area (Å²) in [7, 11) is 1.62. The maximum absolute atomic E-state index is 11.3. The third-order valence-electron chi connectivity index (χ3n) is 2.80. The van der Waals surface area contributed by atoms with E-state index in [1.807, 2.05) is 0 Å². The predicted molar refractivity (Wildman–Crippen MR) is 64.3 cm³/mol. The summed E-state index contributed by atoms with van der Waals surface area (Å²) in [5, 5.41) is 2.58. The van der Waals surface area contributed by atoms with Crippen LogP contribution in [0.4, 0.5) is 0 Å². The zero-order valence-electron chi connectivity index (χ0n) is 9.94. The van der Waals surface area contributed by atoms with Crippen LogP contribution in [0.2, 0.25) is 0 Å². The summed E-state index contributed by atoms with van der Waals surface area (Å²) in [6.45, 7) is 1.42. The molecular weight excluding hydrogens is 218 g/mol. The van der Waals surface area contributed by atoms with Crippen LogP contribution in [-0.4, -0.2) is 32.3 Å². The minimum Gasteiger partial charge on any atom is -0.491 e.